The number of fused-ring (bicyclic) bond motifs is 3. The summed E-state index contributed by atoms with van der Waals surface area (Å²) < 4.78 is 26.5. The van der Waals surface area contributed by atoms with E-state index in [1.54, 1.807) is 18.2 Å². The van der Waals surface area contributed by atoms with Gasteiger partial charge in [-0.3, -0.25) is 9.59 Å². The van der Waals surface area contributed by atoms with Crippen molar-refractivity contribution in [3.63, 3.8) is 0 Å². The molecule has 1 saturated carbocycles. The highest BCUT2D eigenvalue weighted by Crippen LogP contribution is 2.41. The summed E-state index contributed by atoms with van der Waals surface area (Å²) in [5.74, 6) is -0.985. The molecule has 3 aliphatic rings. The monoisotopic (exact) mass is 488 g/mol. The lowest BCUT2D eigenvalue weighted by Crippen LogP contribution is -2.27. The molecule has 0 radical (unpaired) electrons. The molecule has 35 heavy (non-hydrogen) atoms. The highest BCUT2D eigenvalue weighted by Gasteiger charge is 2.49. The third kappa shape index (κ3) is 3.30. The fraction of sp³-hybridized carbons (Fsp3) is 0.231. The Balaban J connectivity index is 1.57. The first-order valence-electron chi connectivity index (χ1n) is 11.5. The Morgan fingerprint density at radius 1 is 0.886 bits per heavy atom. The van der Waals surface area contributed by atoms with Gasteiger partial charge in [0.1, 0.15) is 4.17 Å². The van der Waals surface area contributed by atoms with Gasteiger partial charge in [0.25, 0.3) is 0 Å². The maximum absolute atomic E-state index is 13.5. The lowest BCUT2D eigenvalue weighted by Gasteiger charge is -2.23. The van der Waals surface area contributed by atoms with Crippen molar-refractivity contribution in [1.29, 1.82) is 0 Å². The van der Waals surface area contributed by atoms with Crippen LogP contribution in [0.4, 0.5) is 17.1 Å². The van der Waals surface area contributed by atoms with Crippen molar-refractivity contribution in [2.75, 3.05) is 11.1 Å². The van der Waals surface area contributed by atoms with Crippen LogP contribution in [0, 0.1) is 4.91 Å². The second-order valence-corrected chi connectivity index (χ2v) is 11.0. The van der Waals surface area contributed by atoms with E-state index in [0.29, 0.717) is 18.5 Å². The predicted octanol–water partition coefficient (Wildman–Crippen LogP) is 3.91. The zero-order valence-corrected chi connectivity index (χ0v) is 19.5. The Kier molecular flexibility index (Phi) is 4.69. The molecule has 0 spiro atoms. The van der Waals surface area contributed by atoms with Gasteiger partial charge in [0.15, 0.2) is 16.5 Å². The van der Waals surface area contributed by atoms with Crippen molar-refractivity contribution < 1.29 is 22.2 Å². The summed E-state index contributed by atoms with van der Waals surface area (Å²) in [7, 11) is -4.53. The number of rotatable bonds is 5. The molecular formula is C26H22N3O5S+. The van der Waals surface area contributed by atoms with Gasteiger partial charge in [-0.05, 0) is 48.6 Å². The maximum Gasteiger partial charge on any atom is 0.439 e. The number of anilines is 3. The summed E-state index contributed by atoms with van der Waals surface area (Å²) in [5.41, 5.74) is 9.27. The average molecular weight is 489 g/mol. The van der Waals surface area contributed by atoms with Crippen LogP contribution in [0.3, 0.4) is 0 Å². The highest BCUT2D eigenvalue weighted by molar-refractivity contribution is 7.85. The first kappa shape index (κ1) is 21.7. The second kappa shape index (κ2) is 7.58. The number of carbonyl (C=O) groups is 2. The number of ketones is 2. The lowest BCUT2D eigenvalue weighted by atomic mass is 9.82. The fourth-order valence-electron chi connectivity index (χ4n) is 4.99. The van der Waals surface area contributed by atoms with Crippen molar-refractivity contribution in [3.05, 3.63) is 86.8 Å². The zero-order valence-electron chi connectivity index (χ0n) is 18.7. The third-order valence-corrected chi connectivity index (χ3v) is 8.60. The lowest BCUT2D eigenvalue weighted by molar-refractivity contribution is -0.405. The predicted molar refractivity (Wildman–Crippen MR) is 130 cm³/mol. The summed E-state index contributed by atoms with van der Waals surface area (Å²) >= 11 is 0. The number of hydrogen-bond donors (Lipinski definition) is 2. The summed E-state index contributed by atoms with van der Waals surface area (Å²) in [4.78, 5) is 39.1. The normalized spacial score (nSPS) is 16.5. The molecule has 0 unspecified atom stereocenters. The molecule has 0 saturated heterocycles. The Labute approximate surface area is 201 Å². The third-order valence-electron chi connectivity index (χ3n) is 6.94. The van der Waals surface area contributed by atoms with Crippen LogP contribution in [-0.4, -0.2) is 30.2 Å². The topological polar surface area (TPSA) is 126 Å². The van der Waals surface area contributed by atoms with Gasteiger partial charge in [-0.25, -0.2) is 0 Å². The van der Waals surface area contributed by atoms with Gasteiger partial charge in [0.2, 0.25) is 6.04 Å². The SMILES string of the molecule is Nc1c(S(=O)(=O)[N+](=O)C2CC2)cc(Nc2ccc3c(c2)CCC3)c2c1C(=O)c1ccccc1C2=O. The van der Waals surface area contributed by atoms with E-state index in [1.807, 2.05) is 18.2 Å². The maximum atomic E-state index is 13.5. The molecular weight excluding hydrogens is 466 g/mol. The van der Waals surface area contributed by atoms with Gasteiger partial charge < -0.3 is 11.1 Å². The van der Waals surface area contributed by atoms with E-state index in [4.69, 9.17) is 5.73 Å². The van der Waals surface area contributed by atoms with Crippen LogP contribution in [0.25, 0.3) is 0 Å². The summed E-state index contributed by atoms with van der Waals surface area (Å²) in [6.45, 7) is 0. The van der Waals surface area contributed by atoms with Gasteiger partial charge in [-0.2, -0.15) is 8.42 Å². The van der Waals surface area contributed by atoms with Gasteiger partial charge in [0.05, 0.1) is 22.5 Å². The molecule has 1 fully saturated rings. The molecule has 3 aromatic carbocycles. The Morgan fingerprint density at radius 2 is 1.54 bits per heavy atom. The average Bonchev–Trinajstić information content (AvgIpc) is 3.59. The van der Waals surface area contributed by atoms with Crippen molar-refractivity contribution in [1.82, 2.24) is 0 Å². The molecule has 3 N–H and O–H groups in total. The number of nitrogen functional groups attached to an aromatic ring is 1. The van der Waals surface area contributed by atoms with E-state index >= 15 is 0 Å². The molecule has 6 rings (SSSR count). The number of nitrogens with zero attached hydrogens (tertiary/aromatic N) is 1. The van der Waals surface area contributed by atoms with Crippen molar-refractivity contribution in [3.8, 4) is 0 Å². The summed E-state index contributed by atoms with van der Waals surface area (Å²) in [6.07, 6.45) is 3.93. The van der Waals surface area contributed by atoms with Gasteiger partial charge in [0, 0.05) is 34.6 Å². The van der Waals surface area contributed by atoms with E-state index in [9.17, 15) is 22.9 Å². The minimum absolute atomic E-state index is 0.00881. The Morgan fingerprint density at radius 3 is 2.23 bits per heavy atom. The van der Waals surface area contributed by atoms with E-state index in [-0.39, 0.29) is 37.8 Å². The minimum Gasteiger partial charge on any atom is -0.397 e. The number of nitrogens with one attached hydrogen (secondary N) is 1. The minimum atomic E-state index is -4.53. The van der Waals surface area contributed by atoms with Crippen LogP contribution in [0.1, 0.15) is 62.2 Å². The number of nitroso groups, excluding NO2 is 1. The molecule has 176 valence electrons. The standard InChI is InChI=1S/C26H21N3O5S/c27-24-21(35(33,34)29(32)17-10-11-17)13-20(28-16-9-8-14-4-3-5-15(14)12-16)22-23(24)26(31)19-7-2-1-6-18(19)25(22)30/h1-2,6-9,12-13,17H,3-5,10-11H2,(H2-,27,28,30,31)/p+1. The first-order chi connectivity index (χ1) is 16.8. The van der Waals surface area contributed by atoms with Crippen LogP contribution in [-0.2, 0) is 22.9 Å². The van der Waals surface area contributed by atoms with Crippen LogP contribution in [0.5, 0.6) is 0 Å². The van der Waals surface area contributed by atoms with Crippen molar-refractivity contribution in [2.45, 2.75) is 43.0 Å². The molecule has 0 aromatic heterocycles. The molecule has 3 aliphatic carbocycles. The van der Waals surface area contributed by atoms with Crippen LogP contribution < -0.4 is 11.1 Å². The molecule has 8 nitrogen and oxygen atoms in total. The zero-order chi connectivity index (χ0) is 24.5. The highest BCUT2D eigenvalue weighted by atomic mass is 32.2. The van der Waals surface area contributed by atoms with Crippen molar-refractivity contribution >= 4 is 38.7 Å². The Bertz CT molecular complexity index is 1590. The molecule has 0 atom stereocenters. The van der Waals surface area contributed by atoms with Crippen LogP contribution in [0.15, 0.2) is 53.4 Å². The molecule has 9 heteroatoms. The number of sulfonamides is 1. The second-order valence-electron chi connectivity index (χ2n) is 9.24. The summed E-state index contributed by atoms with van der Waals surface area (Å²) in [6, 6.07) is 12.8. The molecule has 0 aliphatic heterocycles. The number of nitrogens with two attached hydrogens (primary N) is 1. The number of hydrogen-bond acceptors (Lipinski definition) is 7. The molecule has 3 aromatic rings. The van der Waals surface area contributed by atoms with Crippen LogP contribution >= 0.6 is 0 Å². The fourth-order valence-corrected chi connectivity index (χ4v) is 6.43. The largest absolute Gasteiger partial charge is 0.439 e. The quantitative estimate of drug-likeness (QED) is 0.322. The van der Waals surface area contributed by atoms with E-state index < -0.39 is 32.5 Å². The smallest absolute Gasteiger partial charge is 0.397 e. The van der Waals surface area contributed by atoms with E-state index in [1.165, 1.54) is 23.3 Å². The number of benzene rings is 3. The molecule has 0 amide bonds. The van der Waals surface area contributed by atoms with Gasteiger partial charge in [-0.1, -0.05) is 30.3 Å². The van der Waals surface area contributed by atoms with E-state index in [0.717, 1.165) is 19.3 Å². The number of carbonyl (C=O) groups excluding carboxylic acids is 2. The molecule has 0 bridgehead atoms. The van der Waals surface area contributed by atoms with Crippen LogP contribution in [0.2, 0.25) is 0 Å². The first-order valence-corrected chi connectivity index (χ1v) is 13.0. The molecule has 0 heterocycles. The van der Waals surface area contributed by atoms with Gasteiger partial charge >= 0.3 is 10.0 Å². The Hall–Kier alpha value is -3.85. The van der Waals surface area contributed by atoms with Crippen molar-refractivity contribution in [2.24, 2.45) is 0 Å². The van der Waals surface area contributed by atoms with Gasteiger partial charge in [-0.15, -0.1) is 0 Å². The van der Waals surface area contributed by atoms with E-state index in [2.05, 4.69) is 5.32 Å². The summed E-state index contributed by atoms with van der Waals surface area (Å²) in [5, 5.41) is 3.15. The number of aryl methyl sites for hydroxylation is 2.